The van der Waals surface area contributed by atoms with Gasteiger partial charge in [-0.1, -0.05) is 200 Å². The van der Waals surface area contributed by atoms with Gasteiger partial charge in [-0.25, -0.2) is 9.97 Å². The largest absolute Gasteiger partial charge is 0.311 e. The Bertz CT molecular complexity index is 3590. The van der Waals surface area contributed by atoms with Crippen LogP contribution < -0.4 is 30.5 Å². The van der Waals surface area contributed by atoms with Crippen LogP contribution in [0.25, 0.3) is 33.9 Å². The van der Waals surface area contributed by atoms with Gasteiger partial charge in [-0.3, -0.25) is 0 Å². The van der Waals surface area contributed by atoms with Gasteiger partial charge < -0.3 is 9.80 Å². The van der Waals surface area contributed by atoms with Crippen molar-refractivity contribution >= 4 is 62.9 Å². The van der Waals surface area contributed by atoms with Gasteiger partial charge in [0, 0.05) is 39.4 Å². The van der Waals surface area contributed by atoms with Crippen molar-refractivity contribution < 1.29 is 0 Å². The topological polar surface area (TPSA) is 32.3 Å². The van der Waals surface area contributed by atoms with Gasteiger partial charge in [0.25, 0.3) is 0 Å². The number of benzene rings is 10. The summed E-state index contributed by atoms with van der Waals surface area (Å²) in [6.07, 6.45) is 0. The Balaban J connectivity index is 0.973. The Labute approximate surface area is 409 Å². The van der Waals surface area contributed by atoms with Crippen molar-refractivity contribution in [2.45, 2.75) is 5.41 Å². The van der Waals surface area contributed by atoms with Crippen molar-refractivity contribution in [1.29, 1.82) is 0 Å². The highest BCUT2D eigenvalue weighted by Gasteiger charge is 2.60. The van der Waals surface area contributed by atoms with Crippen LogP contribution in [-0.2, 0) is 5.41 Å². The van der Waals surface area contributed by atoms with Gasteiger partial charge in [0.15, 0.2) is 13.9 Å². The number of para-hydroxylation sites is 5. The van der Waals surface area contributed by atoms with Crippen molar-refractivity contribution in [2.75, 3.05) is 9.80 Å². The molecule has 0 atom stereocenters. The van der Waals surface area contributed by atoms with E-state index < -0.39 is 13.5 Å². The third-order valence-electron chi connectivity index (χ3n) is 14.9. The van der Waals surface area contributed by atoms with Crippen LogP contribution in [0.1, 0.15) is 22.3 Å². The lowest BCUT2D eigenvalue weighted by atomic mass is 9.62. The Hall–Kier alpha value is -8.90. The van der Waals surface area contributed by atoms with Gasteiger partial charge in [0.05, 0.1) is 28.2 Å². The summed E-state index contributed by atoms with van der Waals surface area (Å²) in [6.45, 7) is 0. The van der Waals surface area contributed by atoms with E-state index in [1.807, 2.05) is 12.1 Å². The van der Waals surface area contributed by atoms with E-state index in [4.69, 9.17) is 9.97 Å². The Morgan fingerprint density at radius 1 is 0.286 bits per heavy atom. The van der Waals surface area contributed by atoms with Gasteiger partial charge in [-0.15, -0.1) is 0 Å². The van der Waals surface area contributed by atoms with Crippen LogP contribution in [0.5, 0.6) is 0 Å². The minimum absolute atomic E-state index is 0.630. The van der Waals surface area contributed by atoms with Crippen LogP contribution in [0, 0.1) is 0 Å². The molecule has 328 valence electrons. The summed E-state index contributed by atoms with van der Waals surface area (Å²) >= 11 is 0. The van der Waals surface area contributed by atoms with Gasteiger partial charge in [0.1, 0.15) is 0 Å². The molecule has 11 aromatic rings. The molecule has 0 aliphatic carbocycles. The first-order valence-corrected chi connectivity index (χ1v) is 26.1. The number of hydrogen-bond acceptors (Lipinski definition) is 4. The Morgan fingerprint density at radius 3 is 1.13 bits per heavy atom. The lowest BCUT2D eigenvalue weighted by Crippen LogP contribution is -2.81. The zero-order valence-corrected chi connectivity index (χ0v) is 39.2. The van der Waals surface area contributed by atoms with Crippen LogP contribution in [0.15, 0.2) is 267 Å². The summed E-state index contributed by atoms with van der Waals surface area (Å²) in [5.74, 6) is 0.691. The summed E-state index contributed by atoms with van der Waals surface area (Å²) in [7, 11) is -3.02. The zero-order valence-electron chi connectivity index (χ0n) is 38.2. The fourth-order valence-electron chi connectivity index (χ4n) is 12.2. The van der Waals surface area contributed by atoms with Gasteiger partial charge in [-0.05, 0) is 110 Å². The Morgan fingerprint density at radius 2 is 0.643 bits per heavy atom. The van der Waals surface area contributed by atoms with Gasteiger partial charge in [0.2, 0.25) is 0 Å². The van der Waals surface area contributed by atoms with Crippen molar-refractivity contribution in [2.24, 2.45) is 0 Å². The molecule has 1 aromatic heterocycles. The molecule has 3 aliphatic heterocycles. The molecule has 0 saturated carbocycles. The fraction of sp³-hybridized carbons (Fsp3) is 0.0154. The SMILES string of the molecule is c1ccc(-c2cc(-c3ccccc3)nc(-c3ccc(N4c5ccccc5C5(c6ccccc64)c4ccccc4[Si]4(c6ccccc6N(c6ccccc6)c6ccccc64)c4ccccc45)cc3)n2)cc1. The predicted octanol–water partition coefficient (Wildman–Crippen LogP) is 13.1. The summed E-state index contributed by atoms with van der Waals surface area (Å²) in [6, 6.07) is 98.2. The molecule has 0 fully saturated rings. The second-order valence-corrected chi connectivity index (χ2v) is 22.1. The molecule has 0 saturated heterocycles. The molecule has 14 rings (SSSR count). The van der Waals surface area contributed by atoms with E-state index in [-0.39, 0.29) is 0 Å². The van der Waals surface area contributed by atoms with Crippen LogP contribution in [0.2, 0.25) is 0 Å². The van der Waals surface area contributed by atoms with Crippen molar-refractivity contribution in [3.8, 4) is 33.9 Å². The summed E-state index contributed by atoms with van der Waals surface area (Å²) in [5, 5.41) is 5.66. The van der Waals surface area contributed by atoms with E-state index in [0.29, 0.717) is 5.82 Å². The number of anilines is 6. The maximum atomic E-state index is 5.17. The monoisotopic (exact) mass is 908 g/mol. The summed E-state index contributed by atoms with van der Waals surface area (Å²) in [4.78, 5) is 15.3. The standard InChI is InChI=1S/C65H44N4Si/c1-4-22-45(23-5-1)54-44-55(46-24-6-2-7-25-46)67-64(66-54)47-40-42-49(43-41-47)68-56-32-14-10-28-50(56)65(51-29-11-15-33-57(51)68)52-30-12-18-36-60(52)70(61-37-19-13-31-53(61)65)62-38-20-16-34-58(62)69(48-26-8-3-9-27-48)59-35-17-21-39-63(59)70/h1-44H. The molecule has 10 aromatic carbocycles. The van der Waals surface area contributed by atoms with Crippen LogP contribution in [0.4, 0.5) is 34.1 Å². The highest BCUT2D eigenvalue weighted by atomic mass is 28.3. The second-order valence-electron chi connectivity index (χ2n) is 18.4. The highest BCUT2D eigenvalue weighted by Crippen LogP contribution is 2.59. The molecule has 4 nitrogen and oxygen atoms in total. The molecule has 4 heterocycles. The number of hydrogen-bond donors (Lipinski definition) is 0. The molecule has 0 radical (unpaired) electrons. The first-order valence-electron chi connectivity index (χ1n) is 24.1. The molecule has 3 aliphatic rings. The average molecular weight is 909 g/mol. The fourth-order valence-corrected chi connectivity index (χ4v) is 17.8. The first kappa shape index (κ1) is 40.2. The quantitative estimate of drug-likeness (QED) is 0.161. The maximum absolute atomic E-state index is 5.17. The van der Waals surface area contributed by atoms with Crippen molar-refractivity contribution in [1.82, 2.24) is 9.97 Å². The molecular weight excluding hydrogens is 865 g/mol. The summed E-state index contributed by atoms with van der Waals surface area (Å²) in [5.41, 5.74) is 16.5. The van der Waals surface area contributed by atoms with Gasteiger partial charge >= 0.3 is 0 Å². The molecule has 70 heavy (non-hydrogen) atoms. The lowest BCUT2D eigenvalue weighted by molar-refractivity contribution is 0.736. The number of aromatic nitrogens is 2. The normalized spacial score (nSPS) is 14.2. The molecular formula is C65H44N4Si. The minimum atomic E-state index is -3.02. The summed E-state index contributed by atoms with van der Waals surface area (Å²) < 4.78 is 0. The second kappa shape index (κ2) is 15.8. The van der Waals surface area contributed by atoms with E-state index in [1.54, 1.807) is 0 Å². The van der Waals surface area contributed by atoms with E-state index >= 15 is 0 Å². The molecule has 0 amide bonds. The van der Waals surface area contributed by atoms with Crippen molar-refractivity contribution in [3.05, 3.63) is 289 Å². The molecule has 0 unspecified atom stereocenters. The molecule has 0 bridgehead atoms. The molecule has 2 spiro atoms. The third kappa shape index (κ3) is 5.70. The van der Waals surface area contributed by atoms with Crippen LogP contribution in [-0.4, -0.2) is 18.0 Å². The van der Waals surface area contributed by atoms with E-state index in [9.17, 15) is 0 Å². The third-order valence-corrected chi connectivity index (χ3v) is 19.9. The molecule has 0 N–H and O–H groups in total. The molecule has 5 heteroatoms. The average Bonchev–Trinajstić information content (AvgIpc) is 3.45. The highest BCUT2D eigenvalue weighted by molar-refractivity contribution is 7.22. The number of fused-ring (bicyclic) bond motifs is 14. The zero-order chi connectivity index (χ0) is 46.2. The van der Waals surface area contributed by atoms with E-state index in [1.165, 1.54) is 54.4 Å². The van der Waals surface area contributed by atoms with E-state index in [2.05, 4.69) is 265 Å². The predicted molar refractivity (Wildman–Crippen MR) is 290 cm³/mol. The van der Waals surface area contributed by atoms with Crippen LogP contribution >= 0.6 is 0 Å². The minimum Gasteiger partial charge on any atom is -0.311 e. The number of rotatable bonds is 5. The maximum Gasteiger partial charge on any atom is 0.184 e. The first-order chi connectivity index (χ1) is 34.7. The van der Waals surface area contributed by atoms with Gasteiger partial charge in [-0.2, -0.15) is 0 Å². The van der Waals surface area contributed by atoms with Crippen LogP contribution in [0.3, 0.4) is 0 Å². The number of nitrogens with zero attached hydrogens (tertiary/aromatic N) is 4. The Kier molecular flexibility index (Phi) is 9.10. The smallest absolute Gasteiger partial charge is 0.184 e. The van der Waals surface area contributed by atoms with Crippen molar-refractivity contribution in [3.63, 3.8) is 0 Å². The van der Waals surface area contributed by atoms with E-state index in [0.717, 1.165) is 50.8 Å². The lowest BCUT2D eigenvalue weighted by Gasteiger charge is -2.55.